The summed E-state index contributed by atoms with van der Waals surface area (Å²) in [5, 5.41) is 0. The van der Waals surface area contributed by atoms with Gasteiger partial charge in [-0.1, -0.05) is 237 Å². The van der Waals surface area contributed by atoms with Gasteiger partial charge in [-0.05, 0) is 63.5 Å². The van der Waals surface area contributed by atoms with Gasteiger partial charge in [0.25, 0.3) is 0 Å². The molecule has 0 saturated heterocycles. The van der Waals surface area contributed by atoms with E-state index >= 15 is 0 Å². The monoisotopic (exact) mass is 925 g/mol. The number of allylic oxidation sites excluding steroid dienone is 4. The maximum atomic E-state index is 13.1. The van der Waals surface area contributed by atoms with E-state index in [0.29, 0.717) is 12.8 Å². The molecule has 1 aromatic rings. The number of esters is 2. The number of unbranched alkanes of at least 4 members (excludes halogenated alkanes) is 34. The van der Waals surface area contributed by atoms with Crippen molar-refractivity contribution in [2.24, 2.45) is 0 Å². The summed E-state index contributed by atoms with van der Waals surface area (Å²) in [4.78, 5) is 25.3. The van der Waals surface area contributed by atoms with Crippen LogP contribution in [0.4, 0.5) is 0 Å². The Bertz CT molecular complexity index is 1380. The van der Waals surface area contributed by atoms with Gasteiger partial charge >= 0.3 is 63.3 Å². The van der Waals surface area contributed by atoms with Crippen LogP contribution in [-0.4, -0.2) is 38.1 Å². The van der Waals surface area contributed by atoms with Gasteiger partial charge in [-0.2, -0.15) is 0 Å². The summed E-state index contributed by atoms with van der Waals surface area (Å²) in [5.74, 6) is -1.80. The molecule has 0 bridgehead atoms. The zero-order chi connectivity index (χ0) is 45.0. The molecule has 63 heavy (non-hydrogen) atoms. The second kappa shape index (κ2) is 46.3. The van der Waals surface area contributed by atoms with Gasteiger partial charge < -0.3 is 14.0 Å². The van der Waals surface area contributed by atoms with Crippen LogP contribution in [0.15, 0.2) is 47.4 Å². The largest absolute Gasteiger partial charge is 1.00 e. The molecule has 0 amide bonds. The fourth-order valence-corrected chi connectivity index (χ4v) is 8.73. The van der Waals surface area contributed by atoms with E-state index in [1.54, 1.807) is 0 Å². The predicted octanol–water partition coefficient (Wildman–Crippen LogP) is 13.9. The third-order valence-electron chi connectivity index (χ3n) is 12.0. The minimum atomic E-state index is -5.02. The Kier molecular flexibility index (Phi) is 45.7. The average Bonchev–Trinajstić information content (AvgIpc) is 3.26. The van der Waals surface area contributed by atoms with Gasteiger partial charge in [-0.15, -0.1) is 0 Å². The number of hydrogen-bond donors (Lipinski definition) is 0. The Morgan fingerprint density at radius 2 is 0.730 bits per heavy atom. The van der Waals surface area contributed by atoms with E-state index in [4.69, 9.17) is 9.47 Å². The molecule has 0 aromatic heterocycles. The van der Waals surface area contributed by atoms with E-state index in [1.165, 1.54) is 205 Å². The molecule has 0 spiro atoms. The number of carbonyl (C=O) groups excluding carboxylic acids is 2. The molecule has 0 fully saturated rings. The Labute approximate surface area is 431 Å². The topological polar surface area (TPSA) is 110 Å². The minimum absolute atomic E-state index is 0. The van der Waals surface area contributed by atoms with E-state index < -0.39 is 32.5 Å². The zero-order valence-electron chi connectivity index (χ0n) is 41.1. The normalized spacial score (nSPS) is 11.7. The molecule has 1 rings (SSSR count). The molecule has 0 heterocycles. The molecule has 0 saturated carbocycles. The molecule has 9 heteroatoms. The second-order valence-electron chi connectivity index (χ2n) is 17.8. The smallest absolute Gasteiger partial charge is 0.744 e. The first kappa shape index (κ1) is 62.2. The van der Waals surface area contributed by atoms with Crippen molar-refractivity contribution in [2.75, 3.05) is 13.2 Å². The van der Waals surface area contributed by atoms with Crippen LogP contribution in [0, 0.1) is 0 Å². The van der Waals surface area contributed by atoms with Crippen LogP contribution in [0.1, 0.15) is 279 Å². The molecule has 0 aliphatic rings. The quantitative estimate of drug-likeness (QED) is 0.0211. The van der Waals surface area contributed by atoms with Gasteiger partial charge in [0, 0.05) is 0 Å². The van der Waals surface area contributed by atoms with Crippen molar-refractivity contribution < 1.29 is 83.4 Å². The van der Waals surface area contributed by atoms with Crippen LogP contribution in [0.2, 0.25) is 0 Å². The third kappa shape index (κ3) is 37.9. The molecule has 0 N–H and O–H groups in total. The number of benzene rings is 1. The van der Waals surface area contributed by atoms with Crippen LogP contribution < -0.4 is 51.4 Å². The standard InChI is InChI=1S/C54H94O7S.K/c1-3-5-7-9-11-13-15-17-19-21-23-25-27-29-31-33-35-37-39-41-43-48-60-53(55)50-46-45-47-51(62(57,58)59)52(50)54(56)61-49-44-42-40-38-36-34-32-30-28-26-24-22-20-18-16-14-12-10-8-6-4-2;/h9-12,45-47H,3-8,13-44,48-49H2,1-2H3,(H,57,58,59);/q;+1/p-1/b11-9+,12-10+;. The fourth-order valence-electron chi connectivity index (χ4n) is 8.04. The van der Waals surface area contributed by atoms with Crippen molar-refractivity contribution in [3.8, 4) is 0 Å². The van der Waals surface area contributed by atoms with Gasteiger partial charge in [0.1, 0.15) is 10.1 Å². The predicted molar refractivity (Wildman–Crippen MR) is 260 cm³/mol. The summed E-state index contributed by atoms with van der Waals surface area (Å²) in [5.41, 5.74) is -0.768. The maximum Gasteiger partial charge on any atom is 1.00 e. The number of ether oxygens (including phenoxy) is 2. The van der Waals surface area contributed by atoms with E-state index in [2.05, 4.69) is 38.2 Å². The summed E-state index contributed by atoms with van der Waals surface area (Å²) in [6.07, 6.45) is 56.2. The van der Waals surface area contributed by atoms with E-state index in [-0.39, 0.29) is 70.2 Å². The number of hydrogen-bond acceptors (Lipinski definition) is 7. The molecule has 0 unspecified atom stereocenters. The molecule has 1 aromatic carbocycles. The molecule has 0 radical (unpaired) electrons. The van der Waals surface area contributed by atoms with Gasteiger partial charge in [-0.3, -0.25) is 0 Å². The molecule has 7 nitrogen and oxygen atoms in total. The first-order chi connectivity index (χ1) is 30.3. The molecular formula is C54H93KO7S. The first-order valence-corrected chi connectivity index (χ1v) is 27.5. The zero-order valence-corrected chi connectivity index (χ0v) is 45.0. The van der Waals surface area contributed by atoms with Gasteiger partial charge in [0.05, 0.1) is 29.2 Å². The maximum absolute atomic E-state index is 13.1. The van der Waals surface area contributed by atoms with Crippen molar-refractivity contribution in [3.05, 3.63) is 53.6 Å². The van der Waals surface area contributed by atoms with Crippen LogP contribution in [0.5, 0.6) is 0 Å². The Morgan fingerprint density at radius 1 is 0.444 bits per heavy atom. The van der Waals surface area contributed by atoms with Crippen LogP contribution >= 0.6 is 0 Å². The van der Waals surface area contributed by atoms with Crippen LogP contribution in [0.25, 0.3) is 0 Å². The summed E-state index contributed by atoms with van der Waals surface area (Å²) in [7, 11) is -5.02. The summed E-state index contributed by atoms with van der Waals surface area (Å²) in [6.45, 7) is 4.74. The molecular weight excluding hydrogens is 832 g/mol. The minimum Gasteiger partial charge on any atom is -0.744 e. The van der Waals surface area contributed by atoms with E-state index in [1.807, 2.05) is 0 Å². The van der Waals surface area contributed by atoms with Crippen molar-refractivity contribution in [1.82, 2.24) is 0 Å². The summed E-state index contributed by atoms with van der Waals surface area (Å²) < 4.78 is 47.0. The molecule has 0 atom stereocenters. The SMILES string of the molecule is CCCC/C=C/CCCCCCCCCCCCCCCCCOC(=O)c1cccc(S(=O)(=O)[O-])c1C(=O)OCCCCCCCCCCCCCCCCC/C=C/CCCC.[K+]. The first-order valence-electron chi connectivity index (χ1n) is 26.1. The van der Waals surface area contributed by atoms with Crippen molar-refractivity contribution in [1.29, 1.82) is 0 Å². The molecule has 358 valence electrons. The van der Waals surface area contributed by atoms with Crippen LogP contribution in [0.3, 0.4) is 0 Å². The van der Waals surface area contributed by atoms with E-state index in [9.17, 15) is 22.6 Å². The third-order valence-corrected chi connectivity index (χ3v) is 12.9. The number of carbonyl (C=O) groups is 2. The van der Waals surface area contributed by atoms with Crippen molar-refractivity contribution in [2.45, 2.75) is 263 Å². The van der Waals surface area contributed by atoms with Crippen molar-refractivity contribution >= 4 is 22.1 Å². The van der Waals surface area contributed by atoms with Crippen LogP contribution in [-0.2, 0) is 19.6 Å². The van der Waals surface area contributed by atoms with E-state index in [0.717, 1.165) is 44.6 Å². The summed E-state index contributed by atoms with van der Waals surface area (Å²) in [6, 6.07) is 3.65. The Balaban J connectivity index is 0.0000384. The second-order valence-corrected chi connectivity index (χ2v) is 19.2. The van der Waals surface area contributed by atoms with Gasteiger partial charge in [0.2, 0.25) is 0 Å². The Morgan fingerprint density at radius 3 is 1.05 bits per heavy atom. The van der Waals surface area contributed by atoms with Gasteiger partial charge in [-0.25, -0.2) is 18.0 Å². The number of rotatable bonds is 45. The van der Waals surface area contributed by atoms with Crippen molar-refractivity contribution in [3.63, 3.8) is 0 Å². The summed E-state index contributed by atoms with van der Waals surface area (Å²) >= 11 is 0. The molecule has 0 aliphatic heterocycles. The molecule has 0 aliphatic carbocycles. The average molecular weight is 925 g/mol. The Hall–Kier alpha value is -0.814. The van der Waals surface area contributed by atoms with Gasteiger partial charge in [0.15, 0.2) is 0 Å². The fraction of sp³-hybridized carbons (Fsp3) is 0.778.